The van der Waals surface area contributed by atoms with Crippen LogP contribution >= 0.6 is 0 Å². The number of carboxylic acid groups (broad SMARTS) is 1. The minimum absolute atomic E-state index is 0.0224. The van der Waals surface area contributed by atoms with Crippen molar-refractivity contribution in [3.05, 3.63) is 65.7 Å². The molecule has 8 heteroatoms. The lowest BCUT2D eigenvalue weighted by atomic mass is 9.98. The van der Waals surface area contributed by atoms with E-state index in [2.05, 4.69) is 20.0 Å². The third-order valence-corrected chi connectivity index (χ3v) is 5.29. The molecule has 0 aliphatic rings. The number of rotatable bonds is 6. The minimum atomic E-state index is -1.09. The smallest absolute Gasteiger partial charge is 0.338 e. The maximum absolute atomic E-state index is 15.2. The summed E-state index contributed by atoms with van der Waals surface area (Å²) in [6.07, 6.45) is 2.57. The molecule has 2 heterocycles. The molecule has 2 aromatic heterocycles. The fourth-order valence-corrected chi connectivity index (χ4v) is 3.61. The van der Waals surface area contributed by atoms with Gasteiger partial charge in [-0.15, -0.1) is 0 Å². The standard InChI is InChI=1S/C23H22FN5O2/c1-4-28(5-2)21-18-10-17(16-9-7-6-8-14(16)3)19(24)11-20(18)26-23(27-21)29-13-15(12-25-29)22(30)31/h6-13H,4-5H2,1-3H3,(H,30,31). The number of halogens is 1. The van der Waals surface area contributed by atoms with Crippen molar-refractivity contribution in [2.24, 2.45) is 0 Å². The Bertz CT molecular complexity index is 1280. The van der Waals surface area contributed by atoms with E-state index in [0.717, 1.165) is 16.5 Å². The van der Waals surface area contributed by atoms with Gasteiger partial charge in [0.15, 0.2) is 0 Å². The molecule has 0 aliphatic carbocycles. The van der Waals surface area contributed by atoms with Gasteiger partial charge in [-0.25, -0.2) is 18.9 Å². The summed E-state index contributed by atoms with van der Waals surface area (Å²) in [6.45, 7) is 7.36. The van der Waals surface area contributed by atoms with Crippen LogP contribution in [0.3, 0.4) is 0 Å². The van der Waals surface area contributed by atoms with Gasteiger partial charge in [-0.2, -0.15) is 10.1 Å². The van der Waals surface area contributed by atoms with E-state index in [1.807, 2.05) is 45.0 Å². The summed E-state index contributed by atoms with van der Waals surface area (Å²) >= 11 is 0. The highest BCUT2D eigenvalue weighted by Gasteiger charge is 2.19. The Hall–Kier alpha value is -3.81. The molecule has 0 atom stereocenters. The van der Waals surface area contributed by atoms with E-state index < -0.39 is 5.97 Å². The first-order valence-corrected chi connectivity index (χ1v) is 10.0. The molecule has 158 valence electrons. The summed E-state index contributed by atoms with van der Waals surface area (Å²) in [5.41, 5.74) is 2.72. The first kappa shape index (κ1) is 20.5. The molecule has 0 saturated carbocycles. The Morgan fingerprint density at radius 1 is 1.13 bits per heavy atom. The van der Waals surface area contributed by atoms with Crippen molar-refractivity contribution in [1.82, 2.24) is 19.7 Å². The lowest BCUT2D eigenvalue weighted by Crippen LogP contribution is -2.24. The van der Waals surface area contributed by atoms with Crippen LogP contribution in [-0.2, 0) is 0 Å². The topological polar surface area (TPSA) is 84.1 Å². The molecule has 4 aromatic rings. The average Bonchev–Trinajstić information content (AvgIpc) is 3.25. The Morgan fingerprint density at radius 2 is 1.87 bits per heavy atom. The number of carbonyl (C=O) groups is 1. The SMILES string of the molecule is CCN(CC)c1nc(-n2cc(C(=O)O)cn2)nc2cc(F)c(-c3ccccc3C)cc12. The number of benzene rings is 2. The van der Waals surface area contributed by atoms with E-state index in [9.17, 15) is 9.90 Å². The normalized spacial score (nSPS) is 11.1. The molecule has 2 aromatic carbocycles. The van der Waals surface area contributed by atoms with Crippen LogP contribution in [0.1, 0.15) is 29.8 Å². The Morgan fingerprint density at radius 3 is 2.52 bits per heavy atom. The molecule has 7 nitrogen and oxygen atoms in total. The molecule has 0 aliphatic heterocycles. The van der Waals surface area contributed by atoms with E-state index in [0.29, 0.717) is 30.0 Å². The zero-order valence-corrected chi connectivity index (χ0v) is 17.5. The molecule has 4 rings (SSSR count). The summed E-state index contributed by atoms with van der Waals surface area (Å²) in [7, 11) is 0. The Labute approximate surface area is 178 Å². The second kappa shape index (κ2) is 8.14. The van der Waals surface area contributed by atoms with Gasteiger partial charge >= 0.3 is 5.97 Å². The van der Waals surface area contributed by atoms with E-state index in [1.54, 1.807) is 6.07 Å². The van der Waals surface area contributed by atoms with Gasteiger partial charge in [0, 0.05) is 36.3 Å². The minimum Gasteiger partial charge on any atom is -0.478 e. The van der Waals surface area contributed by atoms with Gasteiger partial charge in [0.2, 0.25) is 0 Å². The highest BCUT2D eigenvalue weighted by Crippen LogP contribution is 2.33. The third-order valence-electron chi connectivity index (χ3n) is 5.29. The molecule has 0 radical (unpaired) electrons. The first-order chi connectivity index (χ1) is 14.9. The van der Waals surface area contributed by atoms with Crippen LogP contribution in [0, 0.1) is 12.7 Å². The lowest BCUT2D eigenvalue weighted by Gasteiger charge is -2.22. The van der Waals surface area contributed by atoms with Crippen LogP contribution in [0.4, 0.5) is 10.2 Å². The van der Waals surface area contributed by atoms with Crippen molar-refractivity contribution in [1.29, 1.82) is 0 Å². The van der Waals surface area contributed by atoms with Gasteiger partial charge in [-0.05, 0) is 38.0 Å². The van der Waals surface area contributed by atoms with Gasteiger partial charge in [0.25, 0.3) is 5.95 Å². The van der Waals surface area contributed by atoms with Crippen molar-refractivity contribution < 1.29 is 14.3 Å². The second-order valence-corrected chi connectivity index (χ2v) is 7.16. The zero-order chi connectivity index (χ0) is 22.1. The number of hydrogen-bond acceptors (Lipinski definition) is 5. The fraction of sp³-hybridized carbons (Fsp3) is 0.217. The summed E-state index contributed by atoms with van der Waals surface area (Å²) in [5, 5.41) is 14.0. The summed E-state index contributed by atoms with van der Waals surface area (Å²) < 4.78 is 16.4. The van der Waals surface area contributed by atoms with Crippen molar-refractivity contribution in [3.8, 4) is 17.1 Å². The van der Waals surface area contributed by atoms with Crippen LogP contribution in [0.25, 0.3) is 28.0 Å². The number of aryl methyl sites for hydroxylation is 1. The number of anilines is 1. The largest absolute Gasteiger partial charge is 0.478 e. The number of fused-ring (bicyclic) bond motifs is 1. The molecular weight excluding hydrogens is 397 g/mol. The molecule has 0 amide bonds. The van der Waals surface area contributed by atoms with E-state index in [-0.39, 0.29) is 17.3 Å². The van der Waals surface area contributed by atoms with Gasteiger partial charge < -0.3 is 10.0 Å². The highest BCUT2D eigenvalue weighted by atomic mass is 19.1. The second-order valence-electron chi connectivity index (χ2n) is 7.16. The molecule has 0 spiro atoms. The van der Waals surface area contributed by atoms with Crippen molar-refractivity contribution in [3.63, 3.8) is 0 Å². The quantitative estimate of drug-likeness (QED) is 0.496. The maximum atomic E-state index is 15.2. The third kappa shape index (κ3) is 3.72. The molecule has 0 saturated heterocycles. The molecule has 0 bridgehead atoms. The zero-order valence-electron chi connectivity index (χ0n) is 17.5. The van der Waals surface area contributed by atoms with Crippen molar-refractivity contribution in [2.45, 2.75) is 20.8 Å². The monoisotopic (exact) mass is 419 g/mol. The summed E-state index contributed by atoms with van der Waals surface area (Å²) in [5.74, 6) is -0.647. The van der Waals surface area contributed by atoms with Crippen LogP contribution in [0.5, 0.6) is 0 Å². The van der Waals surface area contributed by atoms with E-state index in [4.69, 9.17) is 0 Å². The Kier molecular flexibility index (Phi) is 5.37. The van der Waals surface area contributed by atoms with E-state index in [1.165, 1.54) is 23.1 Å². The number of hydrogen-bond donors (Lipinski definition) is 1. The fourth-order valence-electron chi connectivity index (χ4n) is 3.61. The number of nitrogens with zero attached hydrogens (tertiary/aromatic N) is 5. The predicted molar refractivity (Wildman–Crippen MR) is 117 cm³/mol. The molecule has 31 heavy (non-hydrogen) atoms. The van der Waals surface area contributed by atoms with Crippen molar-refractivity contribution in [2.75, 3.05) is 18.0 Å². The predicted octanol–water partition coefficient (Wildman–Crippen LogP) is 4.47. The lowest BCUT2D eigenvalue weighted by molar-refractivity contribution is 0.0697. The van der Waals surface area contributed by atoms with Gasteiger partial charge in [-0.1, -0.05) is 24.3 Å². The molecule has 0 fully saturated rings. The van der Waals surface area contributed by atoms with Crippen LogP contribution in [0.2, 0.25) is 0 Å². The number of aromatic nitrogens is 4. The number of aromatic carboxylic acids is 1. The molecule has 1 N–H and O–H groups in total. The first-order valence-electron chi connectivity index (χ1n) is 10.0. The van der Waals surface area contributed by atoms with Crippen LogP contribution in [-0.4, -0.2) is 43.9 Å². The number of carboxylic acids is 1. The van der Waals surface area contributed by atoms with Crippen LogP contribution < -0.4 is 4.90 Å². The van der Waals surface area contributed by atoms with Gasteiger partial charge in [-0.3, -0.25) is 0 Å². The Balaban J connectivity index is 1.97. The maximum Gasteiger partial charge on any atom is 0.338 e. The van der Waals surface area contributed by atoms with Crippen molar-refractivity contribution >= 4 is 22.7 Å². The van der Waals surface area contributed by atoms with Gasteiger partial charge in [0.05, 0.1) is 17.3 Å². The van der Waals surface area contributed by atoms with E-state index >= 15 is 4.39 Å². The summed E-state index contributed by atoms with van der Waals surface area (Å²) in [6, 6.07) is 10.8. The summed E-state index contributed by atoms with van der Waals surface area (Å²) in [4.78, 5) is 22.4. The van der Waals surface area contributed by atoms with Crippen LogP contribution in [0.15, 0.2) is 48.8 Å². The molecule has 0 unspecified atom stereocenters. The molecular formula is C23H22FN5O2. The average molecular weight is 419 g/mol. The highest BCUT2D eigenvalue weighted by molar-refractivity contribution is 5.94. The van der Waals surface area contributed by atoms with Gasteiger partial charge in [0.1, 0.15) is 11.6 Å².